The van der Waals surface area contributed by atoms with Crippen molar-refractivity contribution in [1.82, 2.24) is 15.5 Å². The van der Waals surface area contributed by atoms with Gasteiger partial charge in [0.2, 0.25) is 5.91 Å². The fraction of sp³-hybridized carbons (Fsp3) is 0.333. The number of hydrogen-bond acceptors (Lipinski definition) is 3. The number of carbonyl (C=O) groups excluding carboxylic acids is 1. The summed E-state index contributed by atoms with van der Waals surface area (Å²) in [6.45, 7) is 2.10. The number of benzene rings is 2. The lowest BCUT2D eigenvalue weighted by atomic mass is 10.1. The van der Waals surface area contributed by atoms with Crippen LogP contribution >= 0.6 is 24.0 Å². The van der Waals surface area contributed by atoms with Crippen LogP contribution in [-0.2, 0) is 11.3 Å². The number of ether oxygens (including phenoxy) is 1. The van der Waals surface area contributed by atoms with Crippen LogP contribution in [0.25, 0.3) is 0 Å². The smallest absolute Gasteiger partial charge is 0.241 e. The molecule has 9 heteroatoms. The molecule has 0 bridgehead atoms. The largest absolute Gasteiger partial charge is 0.497 e. The molecule has 2 aromatic rings. The van der Waals surface area contributed by atoms with Crippen LogP contribution in [0.2, 0.25) is 0 Å². The molecule has 1 atom stereocenters. The fourth-order valence-corrected chi connectivity index (χ4v) is 2.51. The van der Waals surface area contributed by atoms with E-state index >= 15 is 0 Å². The molecule has 0 aliphatic heterocycles. The Kier molecular flexibility index (Phi) is 10.5. The van der Waals surface area contributed by atoms with Gasteiger partial charge in [-0.15, -0.1) is 24.0 Å². The Morgan fingerprint density at radius 2 is 1.83 bits per heavy atom. The van der Waals surface area contributed by atoms with Gasteiger partial charge in [-0.2, -0.15) is 0 Å². The van der Waals surface area contributed by atoms with Gasteiger partial charge in [-0.05, 0) is 30.7 Å². The van der Waals surface area contributed by atoms with Gasteiger partial charge >= 0.3 is 0 Å². The number of methoxy groups -OCH3 is 1. The Morgan fingerprint density at radius 1 is 1.17 bits per heavy atom. The SMILES string of the molecule is COc1ccc(CN=C(NCC(=O)N(C)C)NC(C)c2ccc(F)cc2F)cc1.I. The number of hydrogen-bond donors (Lipinski definition) is 2. The van der Waals surface area contributed by atoms with E-state index < -0.39 is 17.7 Å². The maximum atomic E-state index is 14.1. The van der Waals surface area contributed by atoms with E-state index in [0.29, 0.717) is 18.1 Å². The van der Waals surface area contributed by atoms with Crippen molar-refractivity contribution in [2.45, 2.75) is 19.5 Å². The average Bonchev–Trinajstić information content (AvgIpc) is 2.69. The van der Waals surface area contributed by atoms with E-state index in [1.807, 2.05) is 24.3 Å². The molecule has 0 aliphatic rings. The molecule has 1 amide bonds. The number of likely N-dealkylation sites (N-methyl/N-ethyl adjacent to an activating group) is 1. The Labute approximate surface area is 192 Å². The highest BCUT2D eigenvalue weighted by Gasteiger charge is 2.14. The zero-order valence-corrected chi connectivity index (χ0v) is 19.7. The van der Waals surface area contributed by atoms with Gasteiger partial charge in [-0.25, -0.2) is 13.8 Å². The van der Waals surface area contributed by atoms with Crippen molar-refractivity contribution in [3.8, 4) is 5.75 Å². The van der Waals surface area contributed by atoms with E-state index in [1.54, 1.807) is 28.1 Å². The molecule has 0 saturated heterocycles. The molecule has 0 spiro atoms. The summed E-state index contributed by atoms with van der Waals surface area (Å²) in [7, 11) is 4.90. The average molecular weight is 532 g/mol. The predicted molar refractivity (Wildman–Crippen MR) is 124 cm³/mol. The standard InChI is InChI=1S/C21H26F2N4O2.HI/c1-14(18-10-7-16(22)11-19(18)23)26-21(25-13-20(28)27(2)3)24-12-15-5-8-17(29-4)9-6-15;/h5-11,14H,12-13H2,1-4H3,(H2,24,25,26);1H. The second-order valence-corrected chi connectivity index (χ2v) is 6.69. The minimum Gasteiger partial charge on any atom is -0.497 e. The van der Waals surface area contributed by atoms with Crippen LogP contribution in [0.4, 0.5) is 8.78 Å². The van der Waals surface area contributed by atoms with Crippen LogP contribution in [0.1, 0.15) is 24.1 Å². The van der Waals surface area contributed by atoms with Gasteiger partial charge in [0.15, 0.2) is 5.96 Å². The van der Waals surface area contributed by atoms with Crippen molar-refractivity contribution >= 4 is 35.8 Å². The number of halogens is 3. The number of rotatable bonds is 7. The number of aliphatic imine (C=N–C) groups is 1. The second kappa shape index (κ2) is 12.3. The Balaban J connectivity index is 0.00000450. The van der Waals surface area contributed by atoms with Crippen LogP contribution in [0.15, 0.2) is 47.5 Å². The highest BCUT2D eigenvalue weighted by molar-refractivity contribution is 14.0. The number of nitrogens with one attached hydrogen (secondary N) is 2. The molecule has 2 rings (SSSR count). The molecule has 0 aliphatic carbocycles. The maximum absolute atomic E-state index is 14.1. The van der Waals surface area contributed by atoms with Crippen LogP contribution in [-0.4, -0.2) is 44.5 Å². The second-order valence-electron chi connectivity index (χ2n) is 6.69. The van der Waals surface area contributed by atoms with Gasteiger partial charge in [0.25, 0.3) is 0 Å². The van der Waals surface area contributed by atoms with Gasteiger partial charge in [0, 0.05) is 25.7 Å². The minimum absolute atomic E-state index is 0. The molecule has 1 unspecified atom stereocenters. The Hall–Kier alpha value is -2.43. The van der Waals surface area contributed by atoms with Crippen LogP contribution in [0, 0.1) is 11.6 Å². The van der Waals surface area contributed by atoms with Crippen molar-refractivity contribution in [2.75, 3.05) is 27.7 Å². The van der Waals surface area contributed by atoms with Crippen LogP contribution < -0.4 is 15.4 Å². The number of nitrogens with zero attached hydrogens (tertiary/aromatic N) is 2. The first-order chi connectivity index (χ1) is 13.8. The molecule has 2 aromatic carbocycles. The minimum atomic E-state index is -0.649. The van der Waals surface area contributed by atoms with Crippen molar-refractivity contribution in [2.24, 2.45) is 4.99 Å². The van der Waals surface area contributed by atoms with Crippen molar-refractivity contribution in [3.05, 3.63) is 65.2 Å². The maximum Gasteiger partial charge on any atom is 0.241 e. The number of guanidine groups is 1. The first-order valence-electron chi connectivity index (χ1n) is 9.13. The molecular weight excluding hydrogens is 505 g/mol. The van der Waals surface area contributed by atoms with Gasteiger partial charge in [-0.3, -0.25) is 4.79 Å². The fourth-order valence-electron chi connectivity index (χ4n) is 2.51. The van der Waals surface area contributed by atoms with E-state index in [9.17, 15) is 13.6 Å². The zero-order chi connectivity index (χ0) is 21.4. The van der Waals surface area contributed by atoms with Gasteiger partial charge in [-0.1, -0.05) is 18.2 Å². The quantitative estimate of drug-likeness (QED) is 0.326. The summed E-state index contributed by atoms with van der Waals surface area (Å²) in [6.07, 6.45) is 0. The molecule has 0 radical (unpaired) electrons. The number of amides is 1. The lowest BCUT2D eigenvalue weighted by Gasteiger charge is -2.20. The molecule has 0 heterocycles. The lowest BCUT2D eigenvalue weighted by molar-refractivity contribution is -0.127. The first kappa shape index (κ1) is 25.6. The molecular formula is C21H27F2IN4O2. The topological polar surface area (TPSA) is 66.0 Å². The van der Waals surface area contributed by atoms with E-state index in [0.717, 1.165) is 17.4 Å². The monoisotopic (exact) mass is 532 g/mol. The molecule has 30 heavy (non-hydrogen) atoms. The summed E-state index contributed by atoms with van der Waals surface area (Å²) in [5.74, 6) is -0.339. The molecule has 0 aromatic heterocycles. The normalized spacial score (nSPS) is 11.9. The third-order valence-electron chi connectivity index (χ3n) is 4.27. The predicted octanol–water partition coefficient (Wildman–Crippen LogP) is 3.48. The first-order valence-corrected chi connectivity index (χ1v) is 9.13. The molecule has 164 valence electrons. The highest BCUT2D eigenvalue weighted by Crippen LogP contribution is 2.18. The third-order valence-corrected chi connectivity index (χ3v) is 4.27. The summed E-state index contributed by atoms with van der Waals surface area (Å²) in [4.78, 5) is 17.8. The summed E-state index contributed by atoms with van der Waals surface area (Å²) in [5.41, 5.74) is 1.23. The van der Waals surface area contributed by atoms with E-state index in [1.165, 1.54) is 17.0 Å². The number of carbonyl (C=O) groups is 1. The van der Waals surface area contributed by atoms with Crippen LogP contribution in [0.3, 0.4) is 0 Å². The molecule has 6 nitrogen and oxygen atoms in total. The van der Waals surface area contributed by atoms with Gasteiger partial charge < -0.3 is 20.3 Å². The molecule has 0 saturated carbocycles. The summed E-state index contributed by atoms with van der Waals surface area (Å²) < 4.78 is 32.4. The highest BCUT2D eigenvalue weighted by atomic mass is 127. The van der Waals surface area contributed by atoms with E-state index in [4.69, 9.17) is 4.74 Å². The van der Waals surface area contributed by atoms with E-state index in [2.05, 4.69) is 15.6 Å². The van der Waals surface area contributed by atoms with Crippen LogP contribution in [0.5, 0.6) is 5.75 Å². The molecule has 0 fully saturated rings. The van der Waals surface area contributed by atoms with Crippen molar-refractivity contribution in [3.63, 3.8) is 0 Å². The molecule has 2 N–H and O–H groups in total. The van der Waals surface area contributed by atoms with Gasteiger partial charge in [0.1, 0.15) is 17.4 Å². The zero-order valence-electron chi connectivity index (χ0n) is 17.4. The Morgan fingerprint density at radius 3 is 2.40 bits per heavy atom. The summed E-state index contributed by atoms with van der Waals surface area (Å²) >= 11 is 0. The third kappa shape index (κ3) is 7.77. The van der Waals surface area contributed by atoms with Gasteiger partial charge in [0.05, 0.1) is 26.2 Å². The van der Waals surface area contributed by atoms with Crippen molar-refractivity contribution in [1.29, 1.82) is 0 Å². The Bertz CT molecular complexity index is 861. The summed E-state index contributed by atoms with van der Waals surface area (Å²) in [5, 5.41) is 6.01. The van der Waals surface area contributed by atoms with E-state index in [-0.39, 0.29) is 36.4 Å². The van der Waals surface area contributed by atoms with Crippen molar-refractivity contribution < 1.29 is 18.3 Å². The summed E-state index contributed by atoms with van der Waals surface area (Å²) in [6, 6.07) is 10.4. The lowest BCUT2D eigenvalue weighted by Crippen LogP contribution is -2.43.